The van der Waals surface area contributed by atoms with Gasteiger partial charge in [-0.25, -0.2) is 4.79 Å². The summed E-state index contributed by atoms with van der Waals surface area (Å²) in [6, 6.07) is -2.11. The highest BCUT2D eigenvalue weighted by molar-refractivity contribution is 7.80. The summed E-state index contributed by atoms with van der Waals surface area (Å²) in [6.45, 7) is 1.55. The maximum atomic E-state index is 12.5. The predicted octanol–water partition coefficient (Wildman–Crippen LogP) is -0.612. The molecule has 2 unspecified atom stereocenters. The Bertz CT molecular complexity index is 801. The summed E-state index contributed by atoms with van der Waals surface area (Å²) >= 11 is 0. The molecular formula is C15H23N5O7S. The number of carbonyl (C=O) groups is 3. The molecule has 4 atom stereocenters. The fourth-order valence-corrected chi connectivity index (χ4v) is 4.48. The maximum absolute atomic E-state index is 12.5. The van der Waals surface area contributed by atoms with Crippen LogP contribution in [0.2, 0.25) is 0 Å². The number of nitrogens with zero attached hydrogens (tertiary/aromatic N) is 2. The fraction of sp³-hybridized carbons (Fsp3) is 0.733. The molecule has 1 saturated carbocycles. The molecule has 0 aromatic carbocycles. The Morgan fingerprint density at radius 1 is 1.25 bits per heavy atom. The first kappa shape index (κ1) is 20.5. The molecule has 0 aromatic rings. The first-order chi connectivity index (χ1) is 13.0. The normalized spacial score (nSPS) is 29.7. The number of nitrogens with one attached hydrogen (secondary N) is 3. The number of fused-ring (bicyclic) bond motifs is 2. The van der Waals surface area contributed by atoms with Gasteiger partial charge in [0.2, 0.25) is 11.8 Å². The number of piperidine rings is 1. The van der Waals surface area contributed by atoms with Crippen LogP contribution in [0.25, 0.3) is 0 Å². The molecule has 13 heteroatoms. The molecule has 0 radical (unpaired) electrons. The minimum Gasteiger partial charge on any atom is -0.354 e. The Labute approximate surface area is 162 Å². The van der Waals surface area contributed by atoms with Gasteiger partial charge in [0, 0.05) is 25.4 Å². The lowest BCUT2D eigenvalue weighted by molar-refractivity contribution is -0.124. The monoisotopic (exact) mass is 417 g/mol. The molecule has 1 aliphatic carbocycles. The minimum atomic E-state index is -4.84. The Morgan fingerprint density at radius 2 is 1.96 bits per heavy atom. The average molecular weight is 417 g/mol. The third-order valence-corrected chi connectivity index (χ3v) is 5.65. The number of urea groups is 1. The number of rotatable bonds is 5. The molecule has 2 saturated heterocycles. The van der Waals surface area contributed by atoms with Crippen molar-refractivity contribution >= 4 is 34.1 Å². The molecule has 156 valence electrons. The van der Waals surface area contributed by atoms with Crippen LogP contribution in [0.15, 0.2) is 0 Å². The SMILES string of the molecule is CC(=O)NC1CCC(C(=O)NC(=N)[C@@H]2CC[C@@H]3CN2C(=O)N3OS(=O)(=O)O)C1. The van der Waals surface area contributed by atoms with E-state index in [0.29, 0.717) is 37.2 Å². The van der Waals surface area contributed by atoms with Crippen LogP contribution in [0.4, 0.5) is 4.79 Å². The van der Waals surface area contributed by atoms with E-state index in [-0.39, 0.29) is 36.2 Å². The summed E-state index contributed by atoms with van der Waals surface area (Å²) < 4.78 is 35.0. The van der Waals surface area contributed by atoms with Gasteiger partial charge < -0.3 is 15.5 Å². The van der Waals surface area contributed by atoms with Gasteiger partial charge in [-0.1, -0.05) is 0 Å². The summed E-state index contributed by atoms with van der Waals surface area (Å²) in [5.41, 5.74) is 0. The molecule has 28 heavy (non-hydrogen) atoms. The zero-order valence-corrected chi connectivity index (χ0v) is 16.1. The summed E-state index contributed by atoms with van der Waals surface area (Å²) in [4.78, 5) is 37.2. The van der Waals surface area contributed by atoms with Crippen LogP contribution in [0.3, 0.4) is 0 Å². The summed E-state index contributed by atoms with van der Waals surface area (Å²) in [7, 11) is -4.84. The molecule has 4 amide bonds. The van der Waals surface area contributed by atoms with Gasteiger partial charge in [-0.3, -0.25) is 19.6 Å². The summed E-state index contributed by atoms with van der Waals surface area (Å²) in [6.07, 6.45) is 2.47. The van der Waals surface area contributed by atoms with E-state index in [4.69, 9.17) is 9.96 Å². The van der Waals surface area contributed by atoms with Crippen LogP contribution in [0.5, 0.6) is 0 Å². The molecule has 2 aliphatic heterocycles. The number of amides is 4. The van der Waals surface area contributed by atoms with E-state index < -0.39 is 28.5 Å². The van der Waals surface area contributed by atoms with Crippen molar-refractivity contribution in [3.8, 4) is 0 Å². The molecule has 2 heterocycles. The maximum Gasteiger partial charge on any atom is 0.418 e. The highest BCUT2D eigenvalue weighted by atomic mass is 32.3. The predicted molar refractivity (Wildman–Crippen MR) is 94.2 cm³/mol. The van der Waals surface area contributed by atoms with Gasteiger partial charge in [0.05, 0.1) is 12.1 Å². The second kappa shape index (κ2) is 7.64. The number of carbonyl (C=O) groups excluding carboxylic acids is 3. The number of amidine groups is 1. The van der Waals surface area contributed by atoms with E-state index >= 15 is 0 Å². The number of hydrogen-bond acceptors (Lipinski definition) is 7. The molecule has 3 rings (SSSR count). The molecule has 4 N–H and O–H groups in total. The van der Waals surface area contributed by atoms with Crippen molar-refractivity contribution in [1.29, 1.82) is 5.41 Å². The van der Waals surface area contributed by atoms with Crippen LogP contribution < -0.4 is 10.6 Å². The van der Waals surface area contributed by atoms with Crippen molar-refractivity contribution in [3.63, 3.8) is 0 Å². The Kier molecular flexibility index (Phi) is 5.59. The first-order valence-electron chi connectivity index (χ1n) is 8.98. The lowest BCUT2D eigenvalue weighted by Crippen LogP contribution is -2.51. The van der Waals surface area contributed by atoms with Crippen molar-refractivity contribution in [2.75, 3.05) is 6.54 Å². The van der Waals surface area contributed by atoms with Gasteiger partial charge in [0.25, 0.3) is 0 Å². The van der Waals surface area contributed by atoms with Crippen LogP contribution in [-0.4, -0.2) is 71.3 Å². The molecule has 3 aliphatic rings. The first-order valence-corrected chi connectivity index (χ1v) is 10.3. The second-order valence-corrected chi connectivity index (χ2v) is 8.32. The van der Waals surface area contributed by atoms with Crippen LogP contribution >= 0.6 is 0 Å². The zero-order valence-electron chi connectivity index (χ0n) is 15.3. The van der Waals surface area contributed by atoms with Crippen molar-refractivity contribution < 1.29 is 31.6 Å². The van der Waals surface area contributed by atoms with Crippen molar-refractivity contribution in [2.24, 2.45) is 5.92 Å². The van der Waals surface area contributed by atoms with Crippen molar-refractivity contribution in [3.05, 3.63) is 0 Å². The standard InChI is InChI=1S/C15H23N5O7S/c1-8(21)17-10-3-2-9(6-10)14(22)18-13(16)12-5-4-11-7-19(12)15(23)20(11)27-28(24,25)26/h9-12H,2-7H2,1H3,(H,17,21)(H2,16,18,22)(H,24,25,26)/t9?,10?,11-,12+/m1/s1. The molecule has 0 spiro atoms. The molecule has 0 aromatic heterocycles. The van der Waals surface area contributed by atoms with Gasteiger partial charge >= 0.3 is 16.4 Å². The Balaban J connectivity index is 1.58. The lowest BCUT2D eigenvalue weighted by Gasteiger charge is -2.31. The van der Waals surface area contributed by atoms with Gasteiger partial charge in [0.1, 0.15) is 5.84 Å². The lowest BCUT2D eigenvalue weighted by atomic mass is 9.99. The molecular weight excluding hydrogens is 394 g/mol. The van der Waals surface area contributed by atoms with Gasteiger partial charge in [-0.2, -0.15) is 13.5 Å². The third-order valence-electron chi connectivity index (χ3n) is 5.30. The van der Waals surface area contributed by atoms with E-state index in [0.717, 1.165) is 0 Å². The van der Waals surface area contributed by atoms with E-state index in [2.05, 4.69) is 14.9 Å². The summed E-state index contributed by atoms with van der Waals surface area (Å²) in [5, 5.41) is 14.1. The number of hydroxylamine groups is 2. The topological polar surface area (TPSA) is 169 Å². The van der Waals surface area contributed by atoms with E-state index in [1.807, 2.05) is 0 Å². The van der Waals surface area contributed by atoms with Crippen LogP contribution in [-0.2, 0) is 24.3 Å². The number of hydrogen-bond donors (Lipinski definition) is 4. The largest absolute Gasteiger partial charge is 0.418 e. The summed E-state index contributed by atoms with van der Waals surface area (Å²) in [5.74, 6) is -0.965. The van der Waals surface area contributed by atoms with Gasteiger partial charge in [-0.15, -0.1) is 4.28 Å². The third kappa shape index (κ3) is 4.42. The van der Waals surface area contributed by atoms with E-state index in [1.54, 1.807) is 0 Å². The average Bonchev–Trinajstić information content (AvgIpc) is 3.13. The van der Waals surface area contributed by atoms with Gasteiger partial charge in [-0.05, 0) is 32.1 Å². The van der Waals surface area contributed by atoms with Crippen molar-refractivity contribution in [2.45, 2.75) is 57.2 Å². The highest BCUT2D eigenvalue weighted by Gasteiger charge is 2.48. The second-order valence-electron chi connectivity index (χ2n) is 7.32. The van der Waals surface area contributed by atoms with Crippen LogP contribution in [0, 0.1) is 11.3 Å². The quantitative estimate of drug-likeness (QED) is 0.263. The van der Waals surface area contributed by atoms with E-state index in [1.165, 1.54) is 11.8 Å². The van der Waals surface area contributed by atoms with Crippen molar-refractivity contribution in [1.82, 2.24) is 20.6 Å². The Morgan fingerprint density at radius 3 is 2.61 bits per heavy atom. The van der Waals surface area contributed by atoms with Gasteiger partial charge in [0.15, 0.2) is 0 Å². The van der Waals surface area contributed by atoms with Crippen LogP contribution in [0.1, 0.15) is 39.0 Å². The fourth-order valence-electron chi connectivity index (χ4n) is 4.09. The molecule has 12 nitrogen and oxygen atoms in total. The molecule has 2 bridgehead atoms. The highest BCUT2D eigenvalue weighted by Crippen LogP contribution is 2.31. The van der Waals surface area contributed by atoms with E-state index in [9.17, 15) is 22.8 Å². The molecule has 3 fully saturated rings. The Hall–Kier alpha value is -2.25. The zero-order chi connectivity index (χ0) is 20.6. The smallest absolute Gasteiger partial charge is 0.354 e. The minimum absolute atomic E-state index is 0.0656.